The zero-order chi connectivity index (χ0) is 9.30. The molecule has 0 aromatic heterocycles. The van der Waals surface area contributed by atoms with Crippen molar-refractivity contribution in [1.82, 2.24) is 0 Å². The van der Waals surface area contributed by atoms with Gasteiger partial charge in [0, 0.05) is 16.1 Å². The molecule has 0 bridgehead atoms. The molecule has 0 aliphatic heterocycles. The van der Waals surface area contributed by atoms with E-state index >= 15 is 0 Å². The van der Waals surface area contributed by atoms with Crippen molar-refractivity contribution < 1.29 is 9.50 Å². The van der Waals surface area contributed by atoms with E-state index in [1.165, 1.54) is 12.1 Å². The molecule has 1 aromatic carbocycles. The van der Waals surface area contributed by atoms with Crippen LogP contribution in [0.25, 0.3) is 0 Å². The van der Waals surface area contributed by atoms with Crippen LogP contribution in [0.5, 0.6) is 5.75 Å². The van der Waals surface area contributed by atoms with Gasteiger partial charge in [-0.15, -0.1) is 0 Å². The molecule has 1 rings (SSSR count). The van der Waals surface area contributed by atoms with Crippen molar-refractivity contribution in [1.29, 1.82) is 0 Å². The quantitative estimate of drug-likeness (QED) is 0.783. The maximum Gasteiger partial charge on any atom is 0.165 e. The molecule has 2 nitrogen and oxygen atoms in total. The topological polar surface area (TPSA) is 46.2 Å². The minimum atomic E-state index is -0.648. The molecule has 0 amide bonds. The summed E-state index contributed by atoms with van der Waals surface area (Å²) in [6.45, 7) is 1.68. The smallest absolute Gasteiger partial charge is 0.165 e. The Kier molecular flexibility index (Phi) is 2.69. The van der Waals surface area contributed by atoms with Gasteiger partial charge in [-0.3, -0.25) is 0 Å². The van der Waals surface area contributed by atoms with Crippen molar-refractivity contribution >= 4 is 15.9 Å². The molecule has 0 heterocycles. The highest BCUT2D eigenvalue weighted by molar-refractivity contribution is 9.10. The summed E-state index contributed by atoms with van der Waals surface area (Å²) in [5.41, 5.74) is 5.93. The predicted octanol–water partition coefficient (Wildman–Crippen LogP) is 2.31. The fourth-order valence-corrected chi connectivity index (χ4v) is 1.67. The maximum absolute atomic E-state index is 12.8. The van der Waals surface area contributed by atoms with E-state index in [4.69, 9.17) is 5.73 Å². The molecule has 0 spiro atoms. The Morgan fingerprint density at radius 3 is 2.58 bits per heavy atom. The Balaban J connectivity index is 3.33. The van der Waals surface area contributed by atoms with Gasteiger partial charge in [0.15, 0.2) is 11.6 Å². The maximum atomic E-state index is 12.8. The molecule has 4 heteroatoms. The molecule has 12 heavy (non-hydrogen) atoms. The summed E-state index contributed by atoms with van der Waals surface area (Å²) in [5.74, 6) is -1.02. The standard InChI is InChI=1S/C8H9BrFNO/c1-4(11)7-5(9)2-3-6(10)8(7)12/h2-4,12H,11H2,1H3/t4-/m1/s1. The third-order valence-corrected chi connectivity index (χ3v) is 2.26. The van der Waals surface area contributed by atoms with Gasteiger partial charge in [-0.05, 0) is 19.1 Å². The molecular weight excluding hydrogens is 225 g/mol. The van der Waals surface area contributed by atoms with Gasteiger partial charge in [-0.2, -0.15) is 0 Å². The first-order valence-electron chi connectivity index (χ1n) is 3.46. The lowest BCUT2D eigenvalue weighted by molar-refractivity contribution is 0.421. The number of phenols is 1. The van der Waals surface area contributed by atoms with Crippen molar-refractivity contribution in [3.8, 4) is 5.75 Å². The third-order valence-electron chi connectivity index (χ3n) is 1.57. The molecule has 0 aliphatic rings. The van der Waals surface area contributed by atoms with Crippen LogP contribution in [0.4, 0.5) is 4.39 Å². The second-order valence-electron chi connectivity index (χ2n) is 2.58. The van der Waals surface area contributed by atoms with E-state index in [0.29, 0.717) is 10.0 Å². The summed E-state index contributed by atoms with van der Waals surface area (Å²) in [5, 5.41) is 9.26. The molecule has 0 saturated carbocycles. The Bertz CT molecular complexity index is 301. The molecule has 66 valence electrons. The number of nitrogens with two attached hydrogens (primary N) is 1. The third kappa shape index (κ3) is 1.59. The average Bonchev–Trinajstić information content (AvgIpc) is 1.97. The molecule has 0 saturated heterocycles. The Labute approximate surface area is 78.3 Å². The van der Waals surface area contributed by atoms with Crippen LogP contribution in [0, 0.1) is 5.82 Å². The zero-order valence-electron chi connectivity index (χ0n) is 6.51. The van der Waals surface area contributed by atoms with E-state index in [0.717, 1.165) is 0 Å². The molecule has 0 radical (unpaired) electrons. The van der Waals surface area contributed by atoms with E-state index < -0.39 is 11.9 Å². The highest BCUT2D eigenvalue weighted by atomic mass is 79.9. The predicted molar refractivity (Wildman–Crippen MR) is 48.4 cm³/mol. The minimum Gasteiger partial charge on any atom is -0.505 e. The fourth-order valence-electron chi connectivity index (χ4n) is 0.990. The monoisotopic (exact) mass is 233 g/mol. The van der Waals surface area contributed by atoms with E-state index in [9.17, 15) is 9.50 Å². The van der Waals surface area contributed by atoms with E-state index in [1.54, 1.807) is 6.92 Å². The van der Waals surface area contributed by atoms with Crippen molar-refractivity contribution in [2.75, 3.05) is 0 Å². The second kappa shape index (κ2) is 3.41. The van der Waals surface area contributed by atoms with Crippen LogP contribution < -0.4 is 5.73 Å². The zero-order valence-corrected chi connectivity index (χ0v) is 8.10. The van der Waals surface area contributed by atoms with E-state index in [-0.39, 0.29) is 5.75 Å². The molecule has 0 aliphatic carbocycles. The summed E-state index contributed by atoms with van der Waals surface area (Å²) in [4.78, 5) is 0. The average molecular weight is 234 g/mol. The first kappa shape index (κ1) is 9.48. The van der Waals surface area contributed by atoms with Crippen molar-refractivity contribution in [3.63, 3.8) is 0 Å². The number of hydrogen-bond acceptors (Lipinski definition) is 2. The first-order chi connectivity index (χ1) is 5.54. The number of rotatable bonds is 1. The minimum absolute atomic E-state index is 0.376. The Morgan fingerprint density at radius 2 is 2.17 bits per heavy atom. The number of benzene rings is 1. The summed E-state index contributed by atoms with van der Waals surface area (Å²) < 4.78 is 13.4. The number of aromatic hydroxyl groups is 1. The summed E-state index contributed by atoms with van der Waals surface area (Å²) in [6.07, 6.45) is 0. The largest absolute Gasteiger partial charge is 0.505 e. The van der Waals surface area contributed by atoms with Crippen LogP contribution in [0.1, 0.15) is 18.5 Å². The molecule has 1 atom stereocenters. The van der Waals surface area contributed by atoms with Gasteiger partial charge in [-0.1, -0.05) is 15.9 Å². The number of hydrogen-bond donors (Lipinski definition) is 2. The molecule has 3 N–H and O–H groups in total. The lowest BCUT2D eigenvalue weighted by Crippen LogP contribution is -2.06. The SMILES string of the molecule is C[C@@H](N)c1c(Br)ccc(F)c1O. The van der Waals surface area contributed by atoms with E-state index in [2.05, 4.69) is 15.9 Å². The first-order valence-corrected chi connectivity index (χ1v) is 4.25. The lowest BCUT2D eigenvalue weighted by atomic mass is 10.1. The van der Waals surface area contributed by atoms with Gasteiger partial charge in [-0.25, -0.2) is 4.39 Å². The Morgan fingerprint density at radius 1 is 1.58 bits per heavy atom. The highest BCUT2D eigenvalue weighted by Gasteiger charge is 2.13. The van der Waals surface area contributed by atoms with Crippen molar-refractivity contribution in [2.24, 2.45) is 5.73 Å². The molecule has 1 aromatic rings. The van der Waals surface area contributed by atoms with Crippen LogP contribution in [0.3, 0.4) is 0 Å². The van der Waals surface area contributed by atoms with Gasteiger partial charge < -0.3 is 10.8 Å². The van der Waals surface area contributed by atoms with Crippen LogP contribution in [-0.4, -0.2) is 5.11 Å². The van der Waals surface area contributed by atoms with Gasteiger partial charge in [0.2, 0.25) is 0 Å². The molecule has 0 fully saturated rings. The highest BCUT2D eigenvalue weighted by Crippen LogP contribution is 2.32. The van der Waals surface area contributed by atoms with Crippen LogP contribution in [-0.2, 0) is 0 Å². The summed E-state index contributed by atoms with van der Waals surface area (Å²) in [7, 11) is 0. The van der Waals surface area contributed by atoms with Gasteiger partial charge in [0.1, 0.15) is 0 Å². The van der Waals surface area contributed by atoms with Gasteiger partial charge in [0.05, 0.1) is 0 Å². The fraction of sp³-hybridized carbons (Fsp3) is 0.250. The van der Waals surface area contributed by atoms with Gasteiger partial charge in [0.25, 0.3) is 0 Å². The molecular formula is C8H9BrFNO. The van der Waals surface area contributed by atoms with Crippen LogP contribution in [0.2, 0.25) is 0 Å². The van der Waals surface area contributed by atoms with Crippen molar-refractivity contribution in [3.05, 3.63) is 28.0 Å². The summed E-state index contributed by atoms with van der Waals surface area (Å²) in [6, 6.07) is 2.31. The van der Waals surface area contributed by atoms with Gasteiger partial charge >= 0.3 is 0 Å². The summed E-state index contributed by atoms with van der Waals surface area (Å²) >= 11 is 3.18. The second-order valence-corrected chi connectivity index (χ2v) is 3.43. The van der Waals surface area contributed by atoms with Crippen LogP contribution in [0.15, 0.2) is 16.6 Å². The van der Waals surface area contributed by atoms with E-state index in [1.807, 2.05) is 0 Å². The normalized spacial score (nSPS) is 13.0. The Hall–Kier alpha value is -0.610. The number of halogens is 2. The van der Waals surface area contributed by atoms with Crippen LogP contribution >= 0.6 is 15.9 Å². The number of phenolic OH excluding ortho intramolecular Hbond substituents is 1. The van der Waals surface area contributed by atoms with Crippen molar-refractivity contribution in [2.45, 2.75) is 13.0 Å². The molecule has 0 unspecified atom stereocenters. The lowest BCUT2D eigenvalue weighted by Gasteiger charge is -2.10.